The van der Waals surface area contributed by atoms with Gasteiger partial charge in [-0.25, -0.2) is 0 Å². The van der Waals surface area contributed by atoms with Crippen molar-refractivity contribution >= 4 is 18.3 Å². The summed E-state index contributed by atoms with van der Waals surface area (Å²) < 4.78 is 5.74. The molecule has 5 heteroatoms. The Bertz CT molecular complexity index is 631. The molecule has 1 fully saturated rings. The highest BCUT2D eigenvalue weighted by Crippen LogP contribution is 2.22. The molecule has 0 spiro atoms. The molecule has 4 nitrogen and oxygen atoms in total. The lowest BCUT2D eigenvalue weighted by molar-refractivity contribution is 0.0656. The standard InChI is InChI=1S/C18H20N2O2.ClH/c1-14-13-19-11-12-20(14)18(21)15-7-9-17(10-8-15)22-16-5-3-2-4-6-16;/h2-10,14,19H,11-13H2,1H3;1H. The molecule has 1 aliphatic heterocycles. The number of rotatable bonds is 3. The van der Waals surface area contributed by atoms with Gasteiger partial charge in [-0.05, 0) is 43.3 Å². The highest BCUT2D eigenvalue weighted by atomic mass is 35.5. The van der Waals surface area contributed by atoms with E-state index >= 15 is 0 Å². The molecular formula is C18H21ClN2O2. The van der Waals surface area contributed by atoms with Crippen LogP contribution in [-0.2, 0) is 0 Å². The number of ether oxygens (including phenoxy) is 1. The first-order valence-electron chi connectivity index (χ1n) is 7.59. The average molecular weight is 333 g/mol. The number of hydrogen-bond acceptors (Lipinski definition) is 3. The van der Waals surface area contributed by atoms with Gasteiger partial charge in [-0.1, -0.05) is 18.2 Å². The zero-order chi connectivity index (χ0) is 15.4. The van der Waals surface area contributed by atoms with E-state index in [4.69, 9.17) is 4.74 Å². The molecule has 1 amide bonds. The average Bonchev–Trinajstić information content (AvgIpc) is 2.56. The number of carbonyl (C=O) groups is 1. The van der Waals surface area contributed by atoms with Crippen LogP contribution in [0.5, 0.6) is 11.5 Å². The van der Waals surface area contributed by atoms with E-state index in [1.54, 1.807) is 0 Å². The van der Waals surface area contributed by atoms with Crippen molar-refractivity contribution in [1.29, 1.82) is 0 Å². The van der Waals surface area contributed by atoms with Crippen LogP contribution in [-0.4, -0.2) is 36.5 Å². The number of halogens is 1. The number of amides is 1. The Morgan fingerprint density at radius 3 is 2.39 bits per heavy atom. The lowest BCUT2D eigenvalue weighted by atomic mass is 10.1. The first kappa shape index (κ1) is 17.3. The van der Waals surface area contributed by atoms with Crippen LogP contribution in [0.3, 0.4) is 0 Å². The summed E-state index contributed by atoms with van der Waals surface area (Å²) in [6.45, 7) is 4.52. The van der Waals surface area contributed by atoms with Crippen LogP contribution in [0.1, 0.15) is 17.3 Å². The van der Waals surface area contributed by atoms with Crippen molar-refractivity contribution in [2.75, 3.05) is 19.6 Å². The fourth-order valence-electron chi connectivity index (χ4n) is 2.60. The second kappa shape index (κ2) is 7.99. The van der Waals surface area contributed by atoms with Gasteiger partial charge >= 0.3 is 0 Å². The number of carbonyl (C=O) groups excluding carboxylic acids is 1. The van der Waals surface area contributed by atoms with Crippen LogP contribution in [0, 0.1) is 0 Å². The largest absolute Gasteiger partial charge is 0.457 e. The highest BCUT2D eigenvalue weighted by molar-refractivity contribution is 5.94. The van der Waals surface area contributed by atoms with Gasteiger partial charge in [-0.15, -0.1) is 12.4 Å². The molecule has 1 N–H and O–H groups in total. The summed E-state index contributed by atoms with van der Waals surface area (Å²) in [5.74, 6) is 1.61. The van der Waals surface area contributed by atoms with Crippen molar-refractivity contribution in [3.8, 4) is 11.5 Å². The zero-order valence-corrected chi connectivity index (χ0v) is 13.9. The molecule has 0 aromatic heterocycles. The predicted octanol–water partition coefficient (Wildman–Crippen LogP) is 3.33. The normalized spacial score (nSPS) is 17.3. The maximum Gasteiger partial charge on any atom is 0.254 e. The minimum atomic E-state index is 0. The smallest absolute Gasteiger partial charge is 0.254 e. The molecule has 1 atom stereocenters. The number of nitrogens with zero attached hydrogens (tertiary/aromatic N) is 1. The third-order valence-corrected chi connectivity index (χ3v) is 3.84. The summed E-state index contributed by atoms with van der Waals surface area (Å²) in [6, 6.07) is 17.2. The Morgan fingerprint density at radius 2 is 1.74 bits per heavy atom. The molecule has 1 saturated heterocycles. The highest BCUT2D eigenvalue weighted by Gasteiger charge is 2.23. The lowest BCUT2D eigenvalue weighted by Gasteiger charge is -2.34. The first-order valence-corrected chi connectivity index (χ1v) is 7.59. The van der Waals surface area contributed by atoms with Crippen LogP contribution in [0.15, 0.2) is 54.6 Å². The second-order valence-corrected chi connectivity index (χ2v) is 5.49. The van der Waals surface area contributed by atoms with Gasteiger partial charge in [0.15, 0.2) is 0 Å². The maximum absolute atomic E-state index is 12.5. The van der Waals surface area contributed by atoms with Crippen LogP contribution in [0.25, 0.3) is 0 Å². The Morgan fingerprint density at radius 1 is 1.09 bits per heavy atom. The molecule has 0 bridgehead atoms. The van der Waals surface area contributed by atoms with Crippen molar-refractivity contribution in [1.82, 2.24) is 10.2 Å². The van der Waals surface area contributed by atoms with Gasteiger partial charge in [-0.3, -0.25) is 4.79 Å². The molecule has 0 saturated carbocycles. The Labute approximate surface area is 142 Å². The van der Waals surface area contributed by atoms with Crippen molar-refractivity contribution in [2.24, 2.45) is 0 Å². The van der Waals surface area contributed by atoms with Gasteiger partial charge in [0.2, 0.25) is 0 Å². The van der Waals surface area contributed by atoms with Crippen molar-refractivity contribution in [2.45, 2.75) is 13.0 Å². The fraction of sp³-hybridized carbons (Fsp3) is 0.278. The molecule has 3 rings (SSSR count). The van der Waals surface area contributed by atoms with E-state index in [1.807, 2.05) is 59.5 Å². The third-order valence-electron chi connectivity index (χ3n) is 3.84. The van der Waals surface area contributed by atoms with E-state index in [0.29, 0.717) is 5.56 Å². The molecule has 0 aliphatic carbocycles. The van der Waals surface area contributed by atoms with Gasteiger partial charge in [0, 0.05) is 31.2 Å². The Balaban J connectivity index is 0.00000192. The number of nitrogens with one attached hydrogen (secondary N) is 1. The van der Waals surface area contributed by atoms with E-state index in [0.717, 1.165) is 31.1 Å². The van der Waals surface area contributed by atoms with Crippen molar-refractivity contribution in [3.63, 3.8) is 0 Å². The number of hydrogen-bond donors (Lipinski definition) is 1. The number of piperazine rings is 1. The Kier molecular flexibility index (Phi) is 6.02. The molecule has 23 heavy (non-hydrogen) atoms. The van der Waals surface area contributed by atoms with E-state index in [1.165, 1.54) is 0 Å². The number of benzene rings is 2. The summed E-state index contributed by atoms with van der Waals surface area (Å²) in [5, 5.41) is 3.29. The lowest BCUT2D eigenvalue weighted by Crippen LogP contribution is -2.52. The van der Waals surface area contributed by atoms with Crippen LogP contribution in [0.2, 0.25) is 0 Å². The van der Waals surface area contributed by atoms with Gasteiger partial charge in [0.25, 0.3) is 5.91 Å². The van der Waals surface area contributed by atoms with Gasteiger partial charge in [0.05, 0.1) is 0 Å². The van der Waals surface area contributed by atoms with E-state index in [-0.39, 0.29) is 24.4 Å². The minimum absolute atomic E-state index is 0. The van der Waals surface area contributed by atoms with Crippen molar-refractivity contribution < 1.29 is 9.53 Å². The first-order chi connectivity index (χ1) is 10.7. The van der Waals surface area contributed by atoms with Crippen LogP contribution >= 0.6 is 12.4 Å². The summed E-state index contributed by atoms with van der Waals surface area (Å²) in [6.07, 6.45) is 0. The summed E-state index contributed by atoms with van der Waals surface area (Å²) >= 11 is 0. The topological polar surface area (TPSA) is 41.6 Å². The fourth-order valence-corrected chi connectivity index (χ4v) is 2.60. The molecule has 2 aromatic rings. The number of para-hydroxylation sites is 1. The molecule has 1 heterocycles. The van der Waals surface area contributed by atoms with E-state index < -0.39 is 0 Å². The molecular weight excluding hydrogens is 312 g/mol. The summed E-state index contributed by atoms with van der Waals surface area (Å²) in [5.41, 5.74) is 0.703. The minimum Gasteiger partial charge on any atom is -0.457 e. The maximum atomic E-state index is 12.5. The van der Waals surface area contributed by atoms with E-state index in [9.17, 15) is 4.79 Å². The third kappa shape index (κ3) is 4.24. The molecule has 122 valence electrons. The van der Waals surface area contributed by atoms with Crippen molar-refractivity contribution in [3.05, 3.63) is 60.2 Å². The molecule has 0 radical (unpaired) electrons. The van der Waals surface area contributed by atoms with Gasteiger partial charge in [0.1, 0.15) is 11.5 Å². The molecule has 2 aromatic carbocycles. The summed E-state index contributed by atoms with van der Waals surface area (Å²) in [4.78, 5) is 14.5. The van der Waals surface area contributed by atoms with Crippen LogP contribution < -0.4 is 10.1 Å². The van der Waals surface area contributed by atoms with E-state index in [2.05, 4.69) is 12.2 Å². The monoisotopic (exact) mass is 332 g/mol. The SMILES string of the molecule is CC1CNCCN1C(=O)c1ccc(Oc2ccccc2)cc1.Cl. The predicted molar refractivity (Wildman–Crippen MR) is 93.6 cm³/mol. The Hall–Kier alpha value is -2.04. The van der Waals surface area contributed by atoms with Crippen LogP contribution in [0.4, 0.5) is 0 Å². The molecule has 1 aliphatic rings. The second-order valence-electron chi connectivity index (χ2n) is 5.49. The zero-order valence-electron chi connectivity index (χ0n) is 13.1. The summed E-state index contributed by atoms with van der Waals surface area (Å²) in [7, 11) is 0. The van der Waals surface area contributed by atoms with Gasteiger partial charge in [-0.2, -0.15) is 0 Å². The van der Waals surface area contributed by atoms with Gasteiger partial charge < -0.3 is 15.0 Å². The molecule has 1 unspecified atom stereocenters. The quantitative estimate of drug-likeness (QED) is 0.937.